The van der Waals surface area contributed by atoms with Gasteiger partial charge in [0.15, 0.2) is 0 Å². The van der Waals surface area contributed by atoms with E-state index in [9.17, 15) is 13.2 Å². The Hall–Kier alpha value is -2.34. The van der Waals surface area contributed by atoms with E-state index in [-0.39, 0.29) is 6.61 Å². The second-order valence-corrected chi connectivity index (χ2v) is 7.90. The van der Waals surface area contributed by atoms with Gasteiger partial charge < -0.3 is 4.74 Å². The van der Waals surface area contributed by atoms with E-state index in [1.54, 1.807) is 18.2 Å². The van der Waals surface area contributed by atoms with Crippen LogP contribution in [0.5, 0.6) is 0 Å². The molecule has 0 saturated heterocycles. The number of hydrogen-bond acceptors (Lipinski definition) is 4. The smallest absolute Gasteiger partial charge is 0.338 e. The number of benzene rings is 2. The number of nitrogens with zero attached hydrogens (tertiary/aromatic N) is 1. The van der Waals surface area contributed by atoms with Crippen LogP contribution in [0.2, 0.25) is 0 Å². The zero-order valence-electron chi connectivity index (χ0n) is 13.7. The van der Waals surface area contributed by atoms with Crippen molar-refractivity contribution in [1.82, 2.24) is 0 Å². The lowest BCUT2D eigenvalue weighted by molar-refractivity contribution is 0.0472. The molecule has 0 unspecified atom stereocenters. The molecule has 2 aromatic rings. The standard InChI is InChI=1S/C18H19NO4S/c1-13-4-3-5-14(10-13)12-23-18(20)16-6-7-17-15(11-16)8-9-19(17)24(2,21)22/h3-7,10-11H,8-9,12H2,1-2H3. The van der Waals surface area contributed by atoms with Crippen molar-refractivity contribution in [2.24, 2.45) is 0 Å². The monoisotopic (exact) mass is 345 g/mol. The topological polar surface area (TPSA) is 63.7 Å². The van der Waals surface area contributed by atoms with E-state index < -0.39 is 16.0 Å². The normalized spacial score (nSPS) is 13.7. The van der Waals surface area contributed by atoms with Crippen LogP contribution < -0.4 is 4.31 Å². The minimum atomic E-state index is -3.28. The molecular weight excluding hydrogens is 326 g/mol. The maximum Gasteiger partial charge on any atom is 0.338 e. The Morgan fingerprint density at radius 1 is 1.21 bits per heavy atom. The summed E-state index contributed by atoms with van der Waals surface area (Å²) in [5, 5.41) is 0. The molecule has 0 radical (unpaired) electrons. The number of carbonyl (C=O) groups excluding carboxylic acids is 1. The third-order valence-electron chi connectivity index (χ3n) is 4.02. The molecule has 2 aromatic carbocycles. The second-order valence-electron chi connectivity index (χ2n) is 5.99. The number of anilines is 1. The minimum Gasteiger partial charge on any atom is -0.457 e. The van der Waals surface area contributed by atoms with Crippen LogP contribution in [-0.2, 0) is 27.8 Å². The predicted molar refractivity (Wildman–Crippen MR) is 92.6 cm³/mol. The molecule has 0 N–H and O–H groups in total. The van der Waals surface area contributed by atoms with Crippen molar-refractivity contribution < 1.29 is 17.9 Å². The number of fused-ring (bicyclic) bond motifs is 1. The Bertz CT molecular complexity index is 890. The SMILES string of the molecule is Cc1cccc(COC(=O)c2ccc3c(c2)CCN3S(C)(=O)=O)c1. The zero-order chi connectivity index (χ0) is 17.3. The highest BCUT2D eigenvalue weighted by molar-refractivity contribution is 7.92. The molecule has 1 aliphatic rings. The van der Waals surface area contributed by atoms with Gasteiger partial charge >= 0.3 is 5.97 Å². The molecule has 6 heteroatoms. The zero-order valence-corrected chi connectivity index (χ0v) is 14.5. The van der Waals surface area contributed by atoms with Gasteiger partial charge in [-0.05, 0) is 42.7 Å². The molecule has 0 atom stereocenters. The first kappa shape index (κ1) is 16.5. The highest BCUT2D eigenvalue weighted by Crippen LogP contribution is 2.30. The van der Waals surface area contributed by atoms with Crippen molar-refractivity contribution in [2.75, 3.05) is 17.1 Å². The van der Waals surface area contributed by atoms with Crippen LogP contribution in [0.15, 0.2) is 42.5 Å². The third-order valence-corrected chi connectivity index (χ3v) is 5.20. The summed E-state index contributed by atoms with van der Waals surface area (Å²) >= 11 is 0. The second kappa shape index (κ2) is 6.28. The van der Waals surface area contributed by atoms with E-state index in [1.807, 2.05) is 31.2 Å². The first-order chi connectivity index (χ1) is 11.3. The Morgan fingerprint density at radius 3 is 2.71 bits per heavy atom. The molecule has 0 amide bonds. The minimum absolute atomic E-state index is 0.215. The summed E-state index contributed by atoms with van der Waals surface area (Å²) in [6.07, 6.45) is 1.79. The van der Waals surface area contributed by atoms with Gasteiger partial charge in [0.25, 0.3) is 0 Å². The fourth-order valence-corrected chi connectivity index (χ4v) is 3.84. The Labute approximate surface area is 141 Å². The quantitative estimate of drug-likeness (QED) is 0.799. The number of aryl methyl sites for hydroxylation is 1. The van der Waals surface area contributed by atoms with Crippen molar-refractivity contribution in [3.63, 3.8) is 0 Å². The van der Waals surface area contributed by atoms with E-state index in [0.717, 1.165) is 16.7 Å². The van der Waals surface area contributed by atoms with Crippen LogP contribution in [-0.4, -0.2) is 27.2 Å². The van der Waals surface area contributed by atoms with Crippen LogP contribution in [0, 0.1) is 6.92 Å². The summed E-state index contributed by atoms with van der Waals surface area (Å²) in [6.45, 7) is 2.61. The maximum absolute atomic E-state index is 12.2. The van der Waals surface area contributed by atoms with Gasteiger partial charge in [-0.25, -0.2) is 13.2 Å². The molecule has 1 aliphatic heterocycles. The molecule has 0 spiro atoms. The molecule has 24 heavy (non-hydrogen) atoms. The van der Waals surface area contributed by atoms with Gasteiger partial charge in [0.05, 0.1) is 17.5 Å². The van der Waals surface area contributed by atoms with Gasteiger partial charge in [0.2, 0.25) is 10.0 Å². The van der Waals surface area contributed by atoms with Crippen LogP contribution in [0.25, 0.3) is 0 Å². The first-order valence-corrected chi connectivity index (χ1v) is 9.53. The summed E-state index contributed by atoms with van der Waals surface area (Å²) in [5.41, 5.74) is 3.99. The van der Waals surface area contributed by atoms with E-state index in [1.165, 1.54) is 10.6 Å². The van der Waals surface area contributed by atoms with E-state index in [2.05, 4.69) is 0 Å². The lowest BCUT2D eigenvalue weighted by atomic mass is 10.1. The van der Waals surface area contributed by atoms with Crippen LogP contribution in [0.3, 0.4) is 0 Å². The van der Waals surface area contributed by atoms with Gasteiger partial charge in [-0.15, -0.1) is 0 Å². The van der Waals surface area contributed by atoms with Gasteiger partial charge in [-0.1, -0.05) is 29.8 Å². The van der Waals surface area contributed by atoms with E-state index in [4.69, 9.17) is 4.74 Å². The average molecular weight is 345 g/mol. The lowest BCUT2D eigenvalue weighted by Crippen LogP contribution is -2.27. The summed E-state index contributed by atoms with van der Waals surface area (Å²) in [6, 6.07) is 12.8. The largest absolute Gasteiger partial charge is 0.457 e. The van der Waals surface area contributed by atoms with E-state index >= 15 is 0 Å². The molecular formula is C18H19NO4S. The molecule has 3 rings (SSSR count). The van der Waals surface area contributed by atoms with E-state index in [0.29, 0.717) is 24.2 Å². The molecule has 0 fully saturated rings. The fourth-order valence-electron chi connectivity index (χ4n) is 2.88. The number of hydrogen-bond donors (Lipinski definition) is 0. The number of rotatable bonds is 4. The number of sulfonamides is 1. The predicted octanol–water partition coefficient (Wildman–Crippen LogP) is 2.67. The summed E-state index contributed by atoms with van der Waals surface area (Å²) in [4.78, 5) is 12.2. The Balaban J connectivity index is 1.73. The van der Waals surface area contributed by atoms with Crippen molar-refractivity contribution in [2.45, 2.75) is 20.0 Å². The average Bonchev–Trinajstić information content (AvgIpc) is 2.96. The third kappa shape index (κ3) is 3.43. The van der Waals surface area contributed by atoms with Crippen molar-refractivity contribution in [3.8, 4) is 0 Å². The molecule has 0 aliphatic carbocycles. The van der Waals surface area contributed by atoms with Gasteiger partial charge in [-0.3, -0.25) is 4.31 Å². The summed E-state index contributed by atoms with van der Waals surface area (Å²) < 4.78 is 30.2. The first-order valence-electron chi connectivity index (χ1n) is 7.68. The van der Waals surface area contributed by atoms with Gasteiger partial charge in [0.1, 0.15) is 6.61 Å². The molecule has 0 saturated carbocycles. The Kier molecular flexibility index (Phi) is 4.32. The highest BCUT2D eigenvalue weighted by atomic mass is 32.2. The van der Waals surface area contributed by atoms with Crippen molar-refractivity contribution in [3.05, 3.63) is 64.7 Å². The number of carbonyl (C=O) groups is 1. The Morgan fingerprint density at radius 2 is 2.00 bits per heavy atom. The van der Waals surface area contributed by atoms with Crippen molar-refractivity contribution >= 4 is 21.7 Å². The highest BCUT2D eigenvalue weighted by Gasteiger charge is 2.26. The number of esters is 1. The molecule has 0 bridgehead atoms. The lowest BCUT2D eigenvalue weighted by Gasteiger charge is -2.16. The molecule has 126 valence electrons. The molecule has 5 nitrogen and oxygen atoms in total. The van der Waals surface area contributed by atoms with Crippen molar-refractivity contribution in [1.29, 1.82) is 0 Å². The fraction of sp³-hybridized carbons (Fsp3) is 0.278. The van der Waals surface area contributed by atoms with Gasteiger partial charge in [0, 0.05) is 6.54 Å². The van der Waals surface area contributed by atoms with Crippen LogP contribution in [0.1, 0.15) is 27.0 Å². The van der Waals surface area contributed by atoms with Gasteiger partial charge in [-0.2, -0.15) is 0 Å². The summed E-state index contributed by atoms with van der Waals surface area (Å²) in [5.74, 6) is -0.405. The molecule has 0 aromatic heterocycles. The number of ether oxygens (including phenoxy) is 1. The summed E-state index contributed by atoms with van der Waals surface area (Å²) in [7, 11) is -3.28. The van der Waals surface area contributed by atoms with Crippen LogP contribution in [0.4, 0.5) is 5.69 Å². The maximum atomic E-state index is 12.2. The molecule has 1 heterocycles. The van der Waals surface area contributed by atoms with Crippen LogP contribution >= 0.6 is 0 Å².